The van der Waals surface area contributed by atoms with E-state index < -0.39 is 0 Å². The second-order valence-corrected chi connectivity index (χ2v) is 4.43. The number of carbonyl (C=O) groups is 1. The van der Waals surface area contributed by atoms with Gasteiger partial charge in [0, 0.05) is 6.04 Å². The molecule has 0 radical (unpaired) electrons. The molecule has 0 aromatic carbocycles. The fourth-order valence-corrected chi connectivity index (χ4v) is 1.88. The molecule has 5 heteroatoms. The lowest BCUT2D eigenvalue weighted by Crippen LogP contribution is -2.32. The van der Waals surface area contributed by atoms with Crippen molar-refractivity contribution in [2.24, 2.45) is 11.7 Å². The van der Waals surface area contributed by atoms with Gasteiger partial charge >= 0.3 is 0 Å². The van der Waals surface area contributed by atoms with E-state index in [4.69, 9.17) is 10.2 Å². The Labute approximate surface area is 100 Å². The van der Waals surface area contributed by atoms with Crippen LogP contribution in [0.15, 0.2) is 22.8 Å². The van der Waals surface area contributed by atoms with E-state index in [9.17, 15) is 4.79 Å². The average Bonchev–Trinajstić information content (AvgIpc) is 2.87. The monoisotopic (exact) mass is 235 g/mol. The zero-order valence-corrected chi connectivity index (χ0v) is 10.0. The molecule has 0 saturated heterocycles. The molecule has 1 aliphatic rings. The Hall–Kier alpha value is -1.62. The van der Waals surface area contributed by atoms with Crippen LogP contribution in [-0.2, 0) is 4.79 Å². The Balaban J connectivity index is 1.93. The lowest BCUT2D eigenvalue weighted by atomic mass is 10.1. The van der Waals surface area contributed by atoms with Crippen LogP contribution >= 0.6 is 0 Å². The van der Waals surface area contributed by atoms with Gasteiger partial charge in [-0.2, -0.15) is 0 Å². The SMILES string of the molecule is Cc1cnc(C(C)NC(=O)C2C=CC(N)C2)o1. The number of rotatable bonds is 3. The lowest BCUT2D eigenvalue weighted by Gasteiger charge is -2.14. The predicted molar refractivity (Wildman–Crippen MR) is 63.0 cm³/mol. The summed E-state index contributed by atoms with van der Waals surface area (Å²) in [6, 6.07) is -0.230. The zero-order chi connectivity index (χ0) is 12.4. The van der Waals surface area contributed by atoms with Crippen LogP contribution < -0.4 is 11.1 Å². The fraction of sp³-hybridized carbons (Fsp3) is 0.500. The number of amides is 1. The van der Waals surface area contributed by atoms with E-state index in [1.165, 1.54) is 0 Å². The van der Waals surface area contributed by atoms with Gasteiger partial charge in [0.15, 0.2) is 0 Å². The molecule has 1 aliphatic carbocycles. The van der Waals surface area contributed by atoms with E-state index in [0.29, 0.717) is 12.3 Å². The maximum atomic E-state index is 11.9. The molecule has 3 N–H and O–H groups in total. The minimum absolute atomic E-state index is 0.00922. The van der Waals surface area contributed by atoms with Gasteiger partial charge in [0.05, 0.1) is 12.1 Å². The summed E-state index contributed by atoms with van der Waals surface area (Å²) in [4.78, 5) is 16.0. The second-order valence-electron chi connectivity index (χ2n) is 4.43. The Bertz CT molecular complexity index is 439. The molecule has 1 aromatic rings. The molecule has 0 fully saturated rings. The molecule has 1 aromatic heterocycles. The van der Waals surface area contributed by atoms with E-state index >= 15 is 0 Å². The van der Waals surface area contributed by atoms with E-state index in [1.807, 2.05) is 26.0 Å². The Morgan fingerprint density at radius 2 is 2.41 bits per heavy atom. The van der Waals surface area contributed by atoms with Crippen LogP contribution in [0, 0.1) is 12.8 Å². The number of hydrogen-bond acceptors (Lipinski definition) is 4. The molecule has 3 atom stereocenters. The third-order valence-corrected chi connectivity index (χ3v) is 2.82. The number of nitrogens with zero attached hydrogens (tertiary/aromatic N) is 1. The van der Waals surface area contributed by atoms with Gasteiger partial charge in [-0.25, -0.2) is 4.98 Å². The zero-order valence-electron chi connectivity index (χ0n) is 10.0. The Morgan fingerprint density at radius 1 is 1.65 bits per heavy atom. The molecule has 0 aliphatic heterocycles. The first-order valence-electron chi connectivity index (χ1n) is 5.73. The Morgan fingerprint density at radius 3 is 2.94 bits per heavy atom. The summed E-state index contributed by atoms with van der Waals surface area (Å²) < 4.78 is 5.36. The number of aryl methyl sites for hydroxylation is 1. The number of nitrogens with one attached hydrogen (secondary N) is 1. The van der Waals surface area contributed by atoms with Gasteiger partial charge in [0.25, 0.3) is 0 Å². The van der Waals surface area contributed by atoms with Gasteiger partial charge in [-0.1, -0.05) is 12.2 Å². The molecule has 1 amide bonds. The van der Waals surface area contributed by atoms with Crippen LogP contribution in [0.25, 0.3) is 0 Å². The standard InChI is InChI=1S/C12H17N3O2/c1-7-6-14-12(17-7)8(2)15-11(16)9-3-4-10(13)5-9/h3-4,6,8-10H,5,13H2,1-2H3,(H,15,16). The van der Waals surface area contributed by atoms with Crippen molar-refractivity contribution in [3.63, 3.8) is 0 Å². The highest BCUT2D eigenvalue weighted by Crippen LogP contribution is 2.18. The average molecular weight is 235 g/mol. The third-order valence-electron chi connectivity index (χ3n) is 2.82. The molecule has 3 unspecified atom stereocenters. The predicted octanol–water partition coefficient (Wildman–Crippen LogP) is 1.06. The lowest BCUT2D eigenvalue weighted by molar-refractivity contribution is -0.124. The fourth-order valence-electron chi connectivity index (χ4n) is 1.88. The van der Waals surface area contributed by atoms with Crippen LogP contribution in [0.5, 0.6) is 0 Å². The molecule has 5 nitrogen and oxygen atoms in total. The molecule has 92 valence electrons. The maximum Gasteiger partial charge on any atom is 0.227 e. The molecular formula is C12H17N3O2. The second kappa shape index (κ2) is 4.71. The number of nitrogens with two attached hydrogens (primary N) is 1. The largest absolute Gasteiger partial charge is 0.444 e. The molecule has 1 heterocycles. The maximum absolute atomic E-state index is 11.9. The molecule has 0 bridgehead atoms. The molecule has 0 spiro atoms. The summed E-state index contributed by atoms with van der Waals surface area (Å²) in [6.45, 7) is 3.67. The van der Waals surface area contributed by atoms with Gasteiger partial charge in [0.1, 0.15) is 11.8 Å². The van der Waals surface area contributed by atoms with E-state index in [1.54, 1.807) is 6.20 Å². The van der Waals surface area contributed by atoms with Gasteiger partial charge in [-0.15, -0.1) is 0 Å². The van der Waals surface area contributed by atoms with Crippen molar-refractivity contribution in [1.29, 1.82) is 0 Å². The molecule has 0 saturated carbocycles. The van der Waals surface area contributed by atoms with Crippen molar-refractivity contribution in [2.75, 3.05) is 0 Å². The van der Waals surface area contributed by atoms with Gasteiger partial charge in [-0.3, -0.25) is 4.79 Å². The smallest absolute Gasteiger partial charge is 0.227 e. The van der Waals surface area contributed by atoms with E-state index in [0.717, 1.165) is 5.76 Å². The quantitative estimate of drug-likeness (QED) is 0.768. The highest BCUT2D eigenvalue weighted by atomic mass is 16.4. The minimum Gasteiger partial charge on any atom is -0.444 e. The van der Waals surface area contributed by atoms with Crippen molar-refractivity contribution in [3.8, 4) is 0 Å². The first kappa shape index (κ1) is 11.9. The summed E-state index contributed by atoms with van der Waals surface area (Å²) in [5.41, 5.74) is 5.71. The normalized spacial score (nSPS) is 24.9. The third kappa shape index (κ3) is 2.74. The van der Waals surface area contributed by atoms with Crippen molar-refractivity contribution in [2.45, 2.75) is 32.4 Å². The summed E-state index contributed by atoms with van der Waals surface area (Å²) >= 11 is 0. The highest BCUT2D eigenvalue weighted by molar-refractivity contribution is 5.81. The summed E-state index contributed by atoms with van der Waals surface area (Å²) in [5, 5.41) is 2.87. The molecule has 17 heavy (non-hydrogen) atoms. The topological polar surface area (TPSA) is 81.2 Å². The van der Waals surface area contributed by atoms with Crippen LogP contribution in [0.4, 0.5) is 0 Å². The van der Waals surface area contributed by atoms with Crippen molar-refractivity contribution < 1.29 is 9.21 Å². The summed E-state index contributed by atoms with van der Waals surface area (Å²) in [7, 11) is 0. The number of aromatic nitrogens is 1. The molecular weight excluding hydrogens is 218 g/mol. The van der Waals surface area contributed by atoms with Crippen LogP contribution in [0.1, 0.15) is 31.0 Å². The van der Waals surface area contributed by atoms with E-state index in [-0.39, 0.29) is 23.9 Å². The number of carbonyl (C=O) groups excluding carboxylic acids is 1. The van der Waals surface area contributed by atoms with Crippen LogP contribution in [-0.4, -0.2) is 16.9 Å². The van der Waals surface area contributed by atoms with Crippen molar-refractivity contribution in [1.82, 2.24) is 10.3 Å². The van der Waals surface area contributed by atoms with Crippen LogP contribution in [0.3, 0.4) is 0 Å². The van der Waals surface area contributed by atoms with Gasteiger partial charge in [0.2, 0.25) is 11.8 Å². The van der Waals surface area contributed by atoms with E-state index in [2.05, 4.69) is 10.3 Å². The molecule has 2 rings (SSSR count). The highest BCUT2D eigenvalue weighted by Gasteiger charge is 2.24. The summed E-state index contributed by atoms with van der Waals surface area (Å²) in [6.07, 6.45) is 6.03. The number of oxazole rings is 1. The number of hydrogen-bond donors (Lipinski definition) is 2. The van der Waals surface area contributed by atoms with Crippen LogP contribution in [0.2, 0.25) is 0 Å². The minimum atomic E-state index is -0.221. The van der Waals surface area contributed by atoms with Crippen molar-refractivity contribution >= 4 is 5.91 Å². The first-order chi connectivity index (χ1) is 8.06. The first-order valence-corrected chi connectivity index (χ1v) is 5.73. The Kier molecular flexibility index (Phi) is 3.28. The summed E-state index contributed by atoms with van der Waals surface area (Å²) in [5.74, 6) is 1.10. The van der Waals surface area contributed by atoms with Gasteiger partial charge in [-0.05, 0) is 20.3 Å². The van der Waals surface area contributed by atoms with Crippen molar-refractivity contribution in [3.05, 3.63) is 30.0 Å². The van der Waals surface area contributed by atoms with Gasteiger partial charge < -0.3 is 15.5 Å².